The van der Waals surface area contributed by atoms with Crippen molar-refractivity contribution in [2.24, 2.45) is 5.92 Å². The van der Waals surface area contributed by atoms with E-state index in [1.165, 1.54) is 52.3 Å². The number of sulfonamides is 1. The van der Waals surface area contributed by atoms with Gasteiger partial charge in [-0.05, 0) is 30.9 Å². The summed E-state index contributed by atoms with van der Waals surface area (Å²) in [7, 11) is -0.468. The maximum atomic E-state index is 11.9. The maximum absolute atomic E-state index is 11.9. The number of furan rings is 1. The summed E-state index contributed by atoms with van der Waals surface area (Å²) in [4.78, 5) is 0. The minimum atomic E-state index is -3.47. The highest BCUT2D eigenvalue weighted by Crippen LogP contribution is 2.27. The van der Waals surface area contributed by atoms with Crippen LogP contribution in [0, 0.1) is 5.92 Å². The Morgan fingerprint density at radius 2 is 2.10 bits per heavy atom. The SMILES string of the molecule is CCC1CCCC(NCc2ccc(S(=O)(=O)N(C)C)o2)C1. The molecule has 120 valence electrons. The van der Waals surface area contributed by atoms with Crippen LogP contribution in [-0.4, -0.2) is 32.9 Å². The third kappa shape index (κ3) is 4.08. The van der Waals surface area contributed by atoms with Gasteiger partial charge >= 0.3 is 0 Å². The van der Waals surface area contributed by atoms with Gasteiger partial charge in [0.2, 0.25) is 5.09 Å². The van der Waals surface area contributed by atoms with Crippen LogP contribution in [0.25, 0.3) is 0 Å². The van der Waals surface area contributed by atoms with Crippen molar-refractivity contribution < 1.29 is 12.8 Å². The van der Waals surface area contributed by atoms with E-state index in [0.717, 1.165) is 10.2 Å². The topological polar surface area (TPSA) is 62.6 Å². The number of hydrogen-bond donors (Lipinski definition) is 1. The van der Waals surface area contributed by atoms with Gasteiger partial charge in [0.1, 0.15) is 5.76 Å². The molecule has 1 fully saturated rings. The quantitative estimate of drug-likeness (QED) is 0.876. The second kappa shape index (κ2) is 6.94. The van der Waals surface area contributed by atoms with Crippen molar-refractivity contribution in [3.8, 4) is 0 Å². The third-order valence-corrected chi connectivity index (χ3v) is 5.99. The Kier molecular flexibility index (Phi) is 5.46. The van der Waals surface area contributed by atoms with E-state index in [9.17, 15) is 8.42 Å². The van der Waals surface area contributed by atoms with Gasteiger partial charge in [-0.25, -0.2) is 12.7 Å². The maximum Gasteiger partial charge on any atom is 0.275 e. The first kappa shape index (κ1) is 16.5. The predicted octanol–water partition coefficient (Wildman–Crippen LogP) is 2.59. The van der Waals surface area contributed by atoms with Crippen molar-refractivity contribution in [3.63, 3.8) is 0 Å². The average molecular weight is 314 g/mol. The monoisotopic (exact) mass is 314 g/mol. The minimum absolute atomic E-state index is 0.0133. The summed E-state index contributed by atoms with van der Waals surface area (Å²) in [6.45, 7) is 2.84. The molecule has 0 bridgehead atoms. The standard InChI is InChI=1S/C15H26N2O3S/c1-4-12-6-5-7-13(10-12)16-11-14-8-9-15(20-14)21(18,19)17(2)3/h8-9,12-13,16H,4-7,10-11H2,1-3H3. The van der Waals surface area contributed by atoms with Gasteiger partial charge in [-0.3, -0.25) is 0 Å². The highest BCUT2D eigenvalue weighted by molar-refractivity contribution is 7.88. The fraction of sp³-hybridized carbons (Fsp3) is 0.733. The van der Waals surface area contributed by atoms with E-state index in [-0.39, 0.29) is 5.09 Å². The van der Waals surface area contributed by atoms with Gasteiger partial charge in [0.05, 0.1) is 6.54 Å². The average Bonchev–Trinajstić information content (AvgIpc) is 2.94. The fourth-order valence-corrected chi connectivity index (χ4v) is 3.68. The van der Waals surface area contributed by atoms with E-state index in [1.54, 1.807) is 6.07 Å². The number of nitrogens with zero attached hydrogens (tertiary/aromatic N) is 1. The zero-order chi connectivity index (χ0) is 15.5. The van der Waals surface area contributed by atoms with Gasteiger partial charge in [-0.2, -0.15) is 0 Å². The Balaban J connectivity index is 1.91. The van der Waals surface area contributed by atoms with Gasteiger partial charge in [0, 0.05) is 20.1 Å². The summed E-state index contributed by atoms with van der Waals surface area (Å²) >= 11 is 0. The molecule has 0 spiro atoms. The second-order valence-corrected chi connectivity index (χ2v) is 8.11. The molecule has 6 heteroatoms. The van der Waals surface area contributed by atoms with Crippen molar-refractivity contribution in [1.29, 1.82) is 0 Å². The van der Waals surface area contributed by atoms with Crippen molar-refractivity contribution in [2.45, 2.75) is 56.7 Å². The summed E-state index contributed by atoms with van der Waals surface area (Å²) in [6.07, 6.45) is 6.25. The zero-order valence-electron chi connectivity index (χ0n) is 13.1. The van der Waals surface area contributed by atoms with E-state index >= 15 is 0 Å². The van der Waals surface area contributed by atoms with Crippen LogP contribution in [-0.2, 0) is 16.6 Å². The summed E-state index contributed by atoms with van der Waals surface area (Å²) in [5.74, 6) is 1.49. The highest BCUT2D eigenvalue weighted by atomic mass is 32.2. The van der Waals surface area contributed by atoms with E-state index < -0.39 is 10.0 Å². The van der Waals surface area contributed by atoms with Crippen molar-refractivity contribution in [2.75, 3.05) is 14.1 Å². The largest absolute Gasteiger partial charge is 0.447 e. The Bertz CT molecular complexity index is 551. The molecule has 2 unspecified atom stereocenters. The molecule has 2 rings (SSSR count). The number of rotatable bonds is 6. The number of hydrogen-bond acceptors (Lipinski definition) is 4. The molecule has 0 amide bonds. The van der Waals surface area contributed by atoms with Crippen molar-refractivity contribution in [3.05, 3.63) is 17.9 Å². The lowest BCUT2D eigenvalue weighted by molar-refractivity contribution is 0.270. The lowest BCUT2D eigenvalue weighted by atomic mass is 9.84. The van der Waals surface area contributed by atoms with Crippen molar-refractivity contribution in [1.82, 2.24) is 9.62 Å². The Morgan fingerprint density at radius 1 is 1.33 bits per heavy atom. The molecule has 1 N–H and O–H groups in total. The van der Waals surface area contributed by atoms with Gasteiger partial charge < -0.3 is 9.73 Å². The Hall–Kier alpha value is -0.850. The molecule has 1 heterocycles. The lowest BCUT2D eigenvalue weighted by Crippen LogP contribution is -2.33. The van der Waals surface area contributed by atoms with Crippen LogP contribution in [0.1, 0.15) is 44.8 Å². The number of nitrogens with one attached hydrogen (secondary N) is 1. The summed E-state index contributed by atoms with van der Waals surface area (Å²) in [5.41, 5.74) is 0. The van der Waals surface area contributed by atoms with Crippen LogP contribution in [0.3, 0.4) is 0 Å². The molecule has 1 aliphatic carbocycles. The van der Waals surface area contributed by atoms with Gasteiger partial charge in [0.25, 0.3) is 10.0 Å². The molecule has 1 aromatic rings. The second-order valence-electron chi connectivity index (χ2n) is 6.03. The zero-order valence-corrected chi connectivity index (χ0v) is 13.9. The molecule has 1 aliphatic rings. The molecular formula is C15H26N2O3S. The van der Waals surface area contributed by atoms with E-state index in [0.29, 0.717) is 18.3 Å². The first-order valence-electron chi connectivity index (χ1n) is 7.68. The molecule has 0 saturated heterocycles. The summed E-state index contributed by atoms with van der Waals surface area (Å²) in [6, 6.07) is 3.79. The molecule has 5 nitrogen and oxygen atoms in total. The van der Waals surface area contributed by atoms with Gasteiger partial charge in [-0.15, -0.1) is 0 Å². The molecule has 21 heavy (non-hydrogen) atoms. The summed E-state index contributed by atoms with van der Waals surface area (Å²) in [5, 5.41) is 3.51. The molecule has 1 aromatic heterocycles. The first-order valence-corrected chi connectivity index (χ1v) is 9.12. The summed E-state index contributed by atoms with van der Waals surface area (Å²) < 4.78 is 30.5. The third-order valence-electron chi connectivity index (χ3n) is 4.30. The highest BCUT2D eigenvalue weighted by Gasteiger charge is 2.23. The first-order chi connectivity index (χ1) is 9.93. The molecular weight excluding hydrogens is 288 g/mol. The van der Waals surface area contributed by atoms with Crippen molar-refractivity contribution >= 4 is 10.0 Å². The van der Waals surface area contributed by atoms with Gasteiger partial charge in [-0.1, -0.05) is 26.2 Å². The Morgan fingerprint density at radius 3 is 2.76 bits per heavy atom. The molecule has 0 radical (unpaired) electrons. The lowest BCUT2D eigenvalue weighted by Gasteiger charge is -2.28. The van der Waals surface area contributed by atoms with Crippen LogP contribution in [0.15, 0.2) is 21.6 Å². The van der Waals surface area contributed by atoms with E-state index in [1.807, 2.05) is 0 Å². The van der Waals surface area contributed by atoms with E-state index in [2.05, 4.69) is 12.2 Å². The van der Waals surface area contributed by atoms with Crippen LogP contribution >= 0.6 is 0 Å². The Labute approximate surface area is 127 Å². The molecule has 1 saturated carbocycles. The normalized spacial score (nSPS) is 23.6. The minimum Gasteiger partial charge on any atom is -0.447 e. The molecule has 2 atom stereocenters. The van der Waals surface area contributed by atoms with Gasteiger partial charge in [0.15, 0.2) is 0 Å². The van der Waals surface area contributed by atoms with Crippen LogP contribution in [0.4, 0.5) is 0 Å². The fourth-order valence-electron chi connectivity index (χ4n) is 2.86. The van der Waals surface area contributed by atoms with Crippen LogP contribution < -0.4 is 5.32 Å². The van der Waals surface area contributed by atoms with E-state index in [4.69, 9.17) is 4.42 Å². The van der Waals surface area contributed by atoms with Crippen LogP contribution in [0.2, 0.25) is 0 Å². The predicted molar refractivity (Wildman–Crippen MR) is 82.5 cm³/mol. The smallest absolute Gasteiger partial charge is 0.275 e. The molecule has 0 aromatic carbocycles. The molecule has 0 aliphatic heterocycles. The van der Waals surface area contributed by atoms with Crippen LogP contribution in [0.5, 0.6) is 0 Å².